The molecule has 0 aromatic carbocycles. The fraction of sp³-hybridized carbons (Fsp3) is 0.800. The number of likely N-dealkylation sites (N-methyl/N-ethyl adjacent to an activating group) is 1. The first-order valence-electron chi connectivity index (χ1n) is 5.40. The van der Waals surface area contributed by atoms with Crippen LogP contribution in [0.15, 0.2) is 0 Å². The molecule has 1 aliphatic heterocycles. The van der Waals surface area contributed by atoms with Crippen LogP contribution in [-0.4, -0.2) is 67.3 Å². The van der Waals surface area contributed by atoms with Crippen LogP contribution in [-0.2, 0) is 14.3 Å². The Morgan fingerprint density at radius 3 is 2.71 bits per heavy atom. The molecule has 1 aliphatic rings. The molecule has 2 atom stereocenters. The van der Waals surface area contributed by atoms with E-state index in [4.69, 9.17) is 10.8 Å². The third-order valence-electron chi connectivity index (χ3n) is 2.92. The van der Waals surface area contributed by atoms with Crippen LogP contribution in [0.4, 0.5) is 0 Å². The first-order valence-corrected chi connectivity index (χ1v) is 5.40. The minimum absolute atomic E-state index is 0.429. The van der Waals surface area contributed by atoms with Crippen molar-refractivity contribution in [2.75, 3.05) is 33.9 Å². The van der Waals surface area contributed by atoms with Crippen LogP contribution in [0.5, 0.6) is 0 Å². The van der Waals surface area contributed by atoms with Crippen molar-refractivity contribution in [3.8, 4) is 0 Å². The maximum absolute atomic E-state index is 11.9. The van der Waals surface area contributed by atoms with Crippen LogP contribution in [0.25, 0.3) is 0 Å². The van der Waals surface area contributed by atoms with E-state index in [-0.39, 0.29) is 0 Å². The third kappa shape index (κ3) is 3.15. The predicted octanol–water partition coefficient (Wildman–Crippen LogP) is -2.33. The van der Waals surface area contributed by atoms with Crippen molar-refractivity contribution in [1.82, 2.24) is 10.2 Å². The molecule has 1 heterocycles. The molecule has 1 rings (SSSR count). The molecule has 1 fully saturated rings. The predicted molar refractivity (Wildman–Crippen MR) is 60.1 cm³/mol. The molecular weight excluding hydrogens is 226 g/mol. The maximum atomic E-state index is 11.9. The lowest BCUT2D eigenvalue weighted by Gasteiger charge is -2.25. The van der Waals surface area contributed by atoms with E-state index < -0.39 is 30.1 Å². The summed E-state index contributed by atoms with van der Waals surface area (Å²) >= 11 is 0. The standard InChI is InChI=1S/C10H19N3O4/c1-13-4-3-10(11,6-13)9(16)12-7(5-14)8(15)17-2/h7,14H,3-6,11H2,1-2H3,(H,12,16)/t7-,10?/m1/s1. The molecule has 17 heavy (non-hydrogen) atoms. The number of ether oxygens (including phenoxy) is 1. The topological polar surface area (TPSA) is 105 Å². The average molecular weight is 245 g/mol. The van der Waals surface area contributed by atoms with Crippen molar-refractivity contribution in [3.05, 3.63) is 0 Å². The lowest BCUT2D eigenvalue weighted by atomic mass is 9.98. The monoisotopic (exact) mass is 245 g/mol. The van der Waals surface area contributed by atoms with E-state index in [0.717, 1.165) is 6.54 Å². The van der Waals surface area contributed by atoms with E-state index in [9.17, 15) is 9.59 Å². The van der Waals surface area contributed by atoms with Crippen molar-refractivity contribution >= 4 is 11.9 Å². The van der Waals surface area contributed by atoms with Gasteiger partial charge >= 0.3 is 5.97 Å². The molecule has 0 aromatic rings. The molecule has 1 amide bonds. The second kappa shape index (κ2) is 5.44. The number of methoxy groups -OCH3 is 1. The van der Waals surface area contributed by atoms with Gasteiger partial charge in [-0.2, -0.15) is 0 Å². The van der Waals surface area contributed by atoms with Gasteiger partial charge in [0.15, 0.2) is 6.04 Å². The number of aliphatic hydroxyl groups excluding tert-OH is 1. The van der Waals surface area contributed by atoms with Crippen LogP contribution < -0.4 is 11.1 Å². The van der Waals surface area contributed by atoms with Gasteiger partial charge in [0.1, 0.15) is 5.54 Å². The van der Waals surface area contributed by atoms with Crippen LogP contribution in [0.1, 0.15) is 6.42 Å². The molecule has 7 heteroatoms. The number of aliphatic hydroxyl groups is 1. The molecule has 0 aliphatic carbocycles. The highest BCUT2D eigenvalue weighted by Gasteiger charge is 2.41. The number of likely N-dealkylation sites (tertiary alicyclic amines) is 1. The summed E-state index contributed by atoms with van der Waals surface area (Å²) in [6.45, 7) is 0.647. The number of nitrogens with one attached hydrogen (secondary N) is 1. The summed E-state index contributed by atoms with van der Waals surface area (Å²) in [5.41, 5.74) is 4.95. The largest absolute Gasteiger partial charge is 0.467 e. The molecule has 0 aromatic heterocycles. The van der Waals surface area contributed by atoms with E-state index in [1.54, 1.807) is 0 Å². The number of carbonyl (C=O) groups is 2. The average Bonchev–Trinajstić information content (AvgIpc) is 2.66. The van der Waals surface area contributed by atoms with Crippen molar-refractivity contribution in [1.29, 1.82) is 0 Å². The Balaban J connectivity index is 2.61. The second-order valence-electron chi connectivity index (χ2n) is 4.38. The van der Waals surface area contributed by atoms with Crippen LogP contribution in [0.2, 0.25) is 0 Å². The van der Waals surface area contributed by atoms with Crippen LogP contribution >= 0.6 is 0 Å². The number of hydrogen-bond acceptors (Lipinski definition) is 6. The highest BCUT2D eigenvalue weighted by molar-refractivity contribution is 5.90. The van der Waals surface area contributed by atoms with Gasteiger partial charge in [0.25, 0.3) is 0 Å². The molecule has 98 valence electrons. The van der Waals surface area contributed by atoms with E-state index in [2.05, 4.69) is 10.1 Å². The number of rotatable bonds is 4. The normalized spacial score (nSPS) is 26.6. The Kier molecular flexibility index (Phi) is 4.44. The summed E-state index contributed by atoms with van der Waals surface area (Å²) in [4.78, 5) is 25.1. The highest BCUT2D eigenvalue weighted by atomic mass is 16.5. The first kappa shape index (κ1) is 13.9. The summed E-state index contributed by atoms with van der Waals surface area (Å²) in [7, 11) is 3.06. The Hall–Kier alpha value is -1.18. The number of carbonyl (C=O) groups excluding carboxylic acids is 2. The van der Waals surface area contributed by atoms with Gasteiger partial charge in [-0.25, -0.2) is 4.79 Å². The molecule has 0 spiro atoms. The summed E-state index contributed by atoms with van der Waals surface area (Å²) in [6.07, 6.45) is 0.522. The smallest absolute Gasteiger partial charge is 0.330 e. The second-order valence-corrected chi connectivity index (χ2v) is 4.38. The van der Waals surface area contributed by atoms with Crippen molar-refractivity contribution < 1.29 is 19.4 Å². The summed E-state index contributed by atoms with van der Waals surface area (Å²) in [5.74, 6) is -1.12. The zero-order valence-corrected chi connectivity index (χ0v) is 10.1. The summed E-state index contributed by atoms with van der Waals surface area (Å²) in [6, 6.07) is -1.06. The van der Waals surface area contributed by atoms with Gasteiger partial charge in [0.2, 0.25) is 5.91 Å². The van der Waals surface area contributed by atoms with E-state index in [0.29, 0.717) is 13.0 Å². The quantitative estimate of drug-likeness (QED) is 0.480. The molecule has 1 saturated heterocycles. The van der Waals surface area contributed by atoms with E-state index in [1.165, 1.54) is 7.11 Å². The van der Waals surface area contributed by atoms with Gasteiger partial charge in [0, 0.05) is 13.1 Å². The SMILES string of the molecule is COC(=O)[C@@H](CO)NC(=O)C1(N)CCN(C)C1. The fourth-order valence-electron chi connectivity index (χ4n) is 1.84. The fourth-order valence-corrected chi connectivity index (χ4v) is 1.84. The Labute approximate surface area is 99.9 Å². The number of nitrogens with two attached hydrogens (primary N) is 1. The molecular formula is C10H19N3O4. The zero-order valence-electron chi connectivity index (χ0n) is 10.1. The molecule has 0 radical (unpaired) electrons. The lowest BCUT2D eigenvalue weighted by Crippen LogP contribution is -2.59. The lowest BCUT2D eigenvalue weighted by molar-refractivity contribution is -0.146. The molecule has 1 unspecified atom stereocenters. The van der Waals surface area contributed by atoms with Crippen molar-refractivity contribution in [2.24, 2.45) is 5.73 Å². The summed E-state index contributed by atoms with van der Waals surface area (Å²) in [5, 5.41) is 11.4. The molecule has 0 bridgehead atoms. The number of amides is 1. The van der Waals surface area contributed by atoms with Crippen LogP contribution in [0.3, 0.4) is 0 Å². The van der Waals surface area contributed by atoms with Gasteiger partial charge in [-0.1, -0.05) is 0 Å². The minimum atomic E-state index is -1.06. The third-order valence-corrected chi connectivity index (χ3v) is 2.92. The number of nitrogens with zero attached hydrogens (tertiary/aromatic N) is 1. The summed E-state index contributed by atoms with van der Waals surface area (Å²) < 4.78 is 4.46. The highest BCUT2D eigenvalue weighted by Crippen LogP contribution is 2.17. The molecule has 4 N–H and O–H groups in total. The van der Waals surface area contributed by atoms with Gasteiger partial charge in [-0.3, -0.25) is 4.79 Å². The van der Waals surface area contributed by atoms with Gasteiger partial charge in [-0.05, 0) is 13.5 Å². The van der Waals surface area contributed by atoms with Crippen molar-refractivity contribution in [2.45, 2.75) is 18.0 Å². The number of hydrogen-bond donors (Lipinski definition) is 3. The Bertz CT molecular complexity index is 310. The first-order chi connectivity index (χ1) is 7.92. The van der Waals surface area contributed by atoms with Crippen molar-refractivity contribution in [3.63, 3.8) is 0 Å². The van der Waals surface area contributed by atoms with E-state index in [1.807, 2.05) is 11.9 Å². The van der Waals surface area contributed by atoms with Gasteiger partial charge in [-0.15, -0.1) is 0 Å². The van der Waals surface area contributed by atoms with Gasteiger partial charge in [0.05, 0.1) is 13.7 Å². The maximum Gasteiger partial charge on any atom is 0.330 e. The Morgan fingerprint density at radius 1 is 1.65 bits per heavy atom. The van der Waals surface area contributed by atoms with Gasteiger partial charge < -0.3 is 25.8 Å². The zero-order chi connectivity index (χ0) is 13.1. The molecule has 7 nitrogen and oxygen atoms in total. The van der Waals surface area contributed by atoms with E-state index >= 15 is 0 Å². The van der Waals surface area contributed by atoms with Crippen LogP contribution in [0, 0.1) is 0 Å². The number of esters is 1. The minimum Gasteiger partial charge on any atom is -0.467 e. The molecule has 0 saturated carbocycles. The Morgan fingerprint density at radius 2 is 2.29 bits per heavy atom.